The summed E-state index contributed by atoms with van der Waals surface area (Å²) >= 11 is 0. The van der Waals surface area contributed by atoms with Gasteiger partial charge in [-0.15, -0.1) is 0 Å². The Kier molecular flexibility index (Phi) is 3.55. The van der Waals surface area contributed by atoms with E-state index in [1.165, 1.54) is 30.4 Å². The summed E-state index contributed by atoms with van der Waals surface area (Å²) in [6.45, 7) is 6.87. The van der Waals surface area contributed by atoms with E-state index >= 15 is 0 Å². The molecule has 2 heteroatoms. The zero-order chi connectivity index (χ0) is 12.5. The monoisotopic (exact) mass is 232 g/mol. The average Bonchev–Trinajstić information content (AvgIpc) is 2.60. The minimum Gasteiger partial charge on any atom is -0.271 e. The molecule has 2 rings (SSSR count). The van der Waals surface area contributed by atoms with Gasteiger partial charge in [-0.1, -0.05) is 50.1 Å². The molecule has 94 valence electrons. The van der Waals surface area contributed by atoms with Gasteiger partial charge in [0.2, 0.25) is 0 Å². The van der Waals surface area contributed by atoms with Gasteiger partial charge in [-0.2, -0.15) is 0 Å². The number of nitrogens with two attached hydrogens (primary N) is 1. The highest BCUT2D eigenvalue weighted by Crippen LogP contribution is 2.48. The van der Waals surface area contributed by atoms with E-state index < -0.39 is 0 Å². The van der Waals surface area contributed by atoms with E-state index in [0.717, 1.165) is 0 Å². The number of hydrogen-bond acceptors (Lipinski definition) is 2. The topological polar surface area (TPSA) is 38.0 Å². The second-order valence-corrected chi connectivity index (χ2v) is 6.05. The van der Waals surface area contributed by atoms with Gasteiger partial charge in [-0.3, -0.25) is 11.3 Å². The molecular formula is C15H24N2. The van der Waals surface area contributed by atoms with Crippen LogP contribution in [0.4, 0.5) is 0 Å². The van der Waals surface area contributed by atoms with E-state index in [1.54, 1.807) is 0 Å². The van der Waals surface area contributed by atoms with Gasteiger partial charge in [0.25, 0.3) is 0 Å². The van der Waals surface area contributed by atoms with Crippen molar-refractivity contribution < 1.29 is 0 Å². The largest absolute Gasteiger partial charge is 0.271 e. The van der Waals surface area contributed by atoms with Gasteiger partial charge in [-0.05, 0) is 36.7 Å². The quantitative estimate of drug-likeness (QED) is 0.619. The van der Waals surface area contributed by atoms with Gasteiger partial charge in [-0.25, -0.2) is 0 Å². The average molecular weight is 232 g/mol. The van der Waals surface area contributed by atoms with Crippen molar-refractivity contribution in [1.29, 1.82) is 0 Å². The van der Waals surface area contributed by atoms with Crippen molar-refractivity contribution >= 4 is 0 Å². The molecule has 0 bridgehead atoms. The minimum absolute atomic E-state index is 0.285. The van der Waals surface area contributed by atoms with Crippen LogP contribution in [0.25, 0.3) is 0 Å². The summed E-state index contributed by atoms with van der Waals surface area (Å²) in [5, 5.41) is 0. The first-order valence-corrected chi connectivity index (χ1v) is 6.57. The Morgan fingerprint density at radius 1 is 1.41 bits per heavy atom. The van der Waals surface area contributed by atoms with Crippen molar-refractivity contribution in [3.8, 4) is 0 Å². The van der Waals surface area contributed by atoms with Crippen LogP contribution in [0, 0.1) is 18.3 Å². The highest BCUT2D eigenvalue weighted by Gasteiger charge is 2.39. The maximum atomic E-state index is 5.81. The molecule has 0 amide bonds. The molecule has 0 aliphatic heterocycles. The second kappa shape index (κ2) is 4.79. The van der Waals surface area contributed by atoms with Gasteiger partial charge in [0.15, 0.2) is 0 Å². The van der Waals surface area contributed by atoms with Crippen LogP contribution >= 0.6 is 0 Å². The first-order valence-electron chi connectivity index (χ1n) is 6.57. The smallest absolute Gasteiger partial charge is 0.0493 e. The Morgan fingerprint density at radius 2 is 2.18 bits per heavy atom. The first kappa shape index (κ1) is 12.6. The number of benzene rings is 1. The summed E-state index contributed by atoms with van der Waals surface area (Å²) in [6.07, 6.45) is 3.90. The lowest BCUT2D eigenvalue weighted by Gasteiger charge is -2.34. The summed E-state index contributed by atoms with van der Waals surface area (Å²) in [4.78, 5) is 0. The Labute approximate surface area is 105 Å². The van der Waals surface area contributed by atoms with Gasteiger partial charge in [0.1, 0.15) is 0 Å². The molecule has 1 aliphatic carbocycles. The Balaban J connectivity index is 2.27. The number of rotatable bonds is 3. The van der Waals surface area contributed by atoms with Crippen molar-refractivity contribution in [1.82, 2.24) is 5.43 Å². The molecular weight excluding hydrogens is 208 g/mol. The molecule has 1 aliphatic rings. The lowest BCUT2D eigenvalue weighted by molar-refractivity contribution is 0.198. The molecule has 0 aromatic heterocycles. The maximum absolute atomic E-state index is 5.81. The molecule has 1 aromatic carbocycles. The molecule has 0 saturated heterocycles. The summed E-state index contributed by atoms with van der Waals surface area (Å²) < 4.78 is 0. The molecule has 1 saturated carbocycles. The Bertz CT molecular complexity index is 384. The predicted octanol–water partition coefficient (Wildman–Crippen LogP) is 3.33. The van der Waals surface area contributed by atoms with E-state index in [-0.39, 0.29) is 6.04 Å². The summed E-state index contributed by atoms with van der Waals surface area (Å²) in [5.74, 6) is 6.44. The van der Waals surface area contributed by atoms with Crippen molar-refractivity contribution in [3.63, 3.8) is 0 Å². The molecule has 0 heterocycles. The lowest BCUT2D eigenvalue weighted by Crippen LogP contribution is -2.37. The van der Waals surface area contributed by atoms with Crippen LogP contribution < -0.4 is 11.3 Å². The number of hydrazine groups is 1. The molecule has 3 N–H and O–H groups in total. The highest BCUT2D eigenvalue weighted by atomic mass is 15.2. The van der Waals surface area contributed by atoms with E-state index in [9.17, 15) is 0 Å². The highest BCUT2D eigenvalue weighted by molar-refractivity contribution is 5.26. The fourth-order valence-corrected chi connectivity index (χ4v) is 3.28. The summed E-state index contributed by atoms with van der Waals surface area (Å²) in [6, 6.07) is 8.98. The van der Waals surface area contributed by atoms with Gasteiger partial charge in [0, 0.05) is 6.04 Å². The molecule has 2 unspecified atom stereocenters. The van der Waals surface area contributed by atoms with Crippen LogP contribution in [0.2, 0.25) is 0 Å². The summed E-state index contributed by atoms with van der Waals surface area (Å²) in [5.41, 5.74) is 6.06. The number of hydrogen-bond donors (Lipinski definition) is 2. The second-order valence-electron chi connectivity index (χ2n) is 6.05. The fourth-order valence-electron chi connectivity index (χ4n) is 3.28. The molecule has 2 atom stereocenters. The van der Waals surface area contributed by atoms with Crippen molar-refractivity contribution in [2.75, 3.05) is 0 Å². The Hall–Kier alpha value is -0.860. The SMILES string of the molecule is Cc1cccc(C(NN)C2CCCC2(C)C)c1. The molecule has 1 aromatic rings. The molecule has 0 radical (unpaired) electrons. The lowest BCUT2D eigenvalue weighted by atomic mass is 9.75. The van der Waals surface area contributed by atoms with Crippen molar-refractivity contribution in [2.45, 2.75) is 46.1 Å². The van der Waals surface area contributed by atoms with Gasteiger partial charge < -0.3 is 0 Å². The fraction of sp³-hybridized carbons (Fsp3) is 0.600. The standard InChI is InChI=1S/C15H24N2/c1-11-6-4-7-12(10-11)14(17-16)13-8-5-9-15(13,2)3/h4,6-7,10,13-14,17H,5,8-9,16H2,1-3H3. The Morgan fingerprint density at radius 3 is 2.71 bits per heavy atom. The van der Waals surface area contributed by atoms with Crippen LogP contribution in [0.1, 0.15) is 50.3 Å². The normalized spacial score (nSPS) is 24.8. The molecule has 17 heavy (non-hydrogen) atoms. The third-order valence-electron chi connectivity index (χ3n) is 4.32. The first-order chi connectivity index (χ1) is 8.04. The number of nitrogens with one attached hydrogen (secondary N) is 1. The molecule has 1 fully saturated rings. The van der Waals surface area contributed by atoms with E-state index in [0.29, 0.717) is 11.3 Å². The van der Waals surface area contributed by atoms with Crippen molar-refractivity contribution in [2.24, 2.45) is 17.2 Å². The third-order valence-corrected chi connectivity index (χ3v) is 4.32. The van der Waals surface area contributed by atoms with E-state index in [1.807, 2.05) is 0 Å². The van der Waals surface area contributed by atoms with E-state index in [4.69, 9.17) is 5.84 Å². The zero-order valence-electron chi connectivity index (χ0n) is 11.2. The molecule has 0 spiro atoms. The zero-order valence-corrected chi connectivity index (χ0v) is 11.2. The van der Waals surface area contributed by atoms with Crippen LogP contribution in [0.5, 0.6) is 0 Å². The van der Waals surface area contributed by atoms with Gasteiger partial charge in [0.05, 0.1) is 0 Å². The van der Waals surface area contributed by atoms with Crippen LogP contribution in [-0.4, -0.2) is 0 Å². The van der Waals surface area contributed by atoms with E-state index in [2.05, 4.69) is 50.5 Å². The maximum Gasteiger partial charge on any atom is 0.0493 e. The van der Waals surface area contributed by atoms with Gasteiger partial charge >= 0.3 is 0 Å². The third kappa shape index (κ3) is 2.53. The van der Waals surface area contributed by atoms with Crippen molar-refractivity contribution in [3.05, 3.63) is 35.4 Å². The molecule has 2 nitrogen and oxygen atoms in total. The number of aryl methyl sites for hydroxylation is 1. The summed E-state index contributed by atoms with van der Waals surface area (Å²) in [7, 11) is 0. The van der Waals surface area contributed by atoms with Crippen LogP contribution in [-0.2, 0) is 0 Å². The predicted molar refractivity (Wildman–Crippen MR) is 72.4 cm³/mol. The van der Waals surface area contributed by atoms with Crippen LogP contribution in [0.15, 0.2) is 24.3 Å². The van der Waals surface area contributed by atoms with Crippen LogP contribution in [0.3, 0.4) is 0 Å². The minimum atomic E-state index is 0.285.